The van der Waals surface area contributed by atoms with Crippen molar-refractivity contribution in [2.24, 2.45) is 11.8 Å². The van der Waals surface area contributed by atoms with Crippen molar-refractivity contribution in [3.8, 4) is 0 Å². The number of H-pyrrole nitrogens is 1. The van der Waals surface area contributed by atoms with E-state index in [1.165, 1.54) is 63.9 Å². The number of anilines is 1. The van der Waals surface area contributed by atoms with Crippen molar-refractivity contribution >= 4 is 22.6 Å². The highest BCUT2D eigenvalue weighted by Crippen LogP contribution is 2.40. The summed E-state index contributed by atoms with van der Waals surface area (Å²) in [7, 11) is 0. The highest BCUT2D eigenvalue weighted by molar-refractivity contribution is 5.92. The number of aromatic nitrogens is 2. The molecule has 2 aromatic rings. The molecule has 0 bridgehead atoms. The number of hydrogen-bond acceptors (Lipinski definition) is 4. The van der Waals surface area contributed by atoms with Crippen molar-refractivity contribution in [2.75, 3.05) is 25.0 Å². The minimum absolute atomic E-state index is 0.0286. The zero-order valence-corrected chi connectivity index (χ0v) is 19.5. The summed E-state index contributed by atoms with van der Waals surface area (Å²) in [6.45, 7) is 1.73. The van der Waals surface area contributed by atoms with Gasteiger partial charge in [-0.15, -0.1) is 0 Å². The maximum absolute atomic E-state index is 13.0. The van der Waals surface area contributed by atoms with Crippen LogP contribution in [0.1, 0.15) is 63.4 Å². The molecule has 2 saturated carbocycles. The molecule has 0 radical (unpaired) electrons. The number of likely N-dealkylation sites (tertiary alicyclic amines) is 1. The quantitative estimate of drug-likeness (QED) is 0.552. The molecule has 3 aliphatic rings. The Balaban J connectivity index is 1.04. The van der Waals surface area contributed by atoms with Gasteiger partial charge in [-0.1, -0.05) is 32.1 Å². The molecule has 2 heterocycles. The Morgan fingerprint density at radius 1 is 1.03 bits per heavy atom. The third kappa shape index (κ3) is 5.19. The van der Waals surface area contributed by atoms with Gasteiger partial charge in [0, 0.05) is 24.5 Å². The van der Waals surface area contributed by atoms with E-state index in [0.717, 1.165) is 37.1 Å². The van der Waals surface area contributed by atoms with Crippen LogP contribution in [-0.4, -0.2) is 52.7 Å². The number of nitrogens with zero attached hydrogens (tertiary/aromatic N) is 2. The standard InChI is InChI=1S/C25H34F3N5O/c26-25(27,28)18-8-11-22-21(12-18)24(32-31-22)29-13-23(34)30-19-14-33(15-19)20-9-6-17(7-10-20)16-4-2-1-3-5-16/h8,11-12,16-17,19-20H,1-7,9-10,13-15H2,(H,30,34)(H2,29,31,32). The van der Waals surface area contributed by atoms with E-state index >= 15 is 0 Å². The first-order valence-corrected chi connectivity index (χ1v) is 12.7. The smallest absolute Gasteiger partial charge is 0.359 e. The third-order valence-electron chi connectivity index (χ3n) is 8.16. The lowest BCUT2D eigenvalue weighted by atomic mass is 9.72. The van der Waals surface area contributed by atoms with E-state index in [1.54, 1.807) is 0 Å². The molecule has 3 fully saturated rings. The summed E-state index contributed by atoms with van der Waals surface area (Å²) in [6, 6.07) is 4.19. The molecule has 5 rings (SSSR count). The van der Waals surface area contributed by atoms with Crippen LogP contribution in [0.5, 0.6) is 0 Å². The second kappa shape index (κ2) is 9.76. The lowest BCUT2D eigenvalue weighted by Gasteiger charge is -2.47. The van der Waals surface area contributed by atoms with E-state index in [1.807, 2.05) is 0 Å². The highest BCUT2D eigenvalue weighted by Gasteiger charge is 2.37. The molecule has 1 amide bonds. The van der Waals surface area contributed by atoms with Gasteiger partial charge in [-0.3, -0.25) is 14.8 Å². The van der Waals surface area contributed by atoms with Crippen molar-refractivity contribution in [1.29, 1.82) is 0 Å². The van der Waals surface area contributed by atoms with Gasteiger partial charge in [-0.05, 0) is 55.7 Å². The molecule has 6 nitrogen and oxygen atoms in total. The van der Waals surface area contributed by atoms with E-state index in [-0.39, 0.29) is 24.3 Å². The lowest BCUT2D eigenvalue weighted by molar-refractivity contribution is -0.137. The third-order valence-corrected chi connectivity index (χ3v) is 8.16. The second-order valence-electron chi connectivity index (χ2n) is 10.4. The van der Waals surface area contributed by atoms with Gasteiger partial charge in [-0.25, -0.2) is 0 Å². The number of carbonyl (C=O) groups excluding carboxylic acids is 1. The first kappa shape index (κ1) is 23.5. The molecule has 1 aromatic carbocycles. The van der Waals surface area contributed by atoms with E-state index in [0.29, 0.717) is 16.9 Å². The maximum Gasteiger partial charge on any atom is 0.416 e. The van der Waals surface area contributed by atoms with E-state index in [9.17, 15) is 18.0 Å². The van der Waals surface area contributed by atoms with Gasteiger partial charge < -0.3 is 10.6 Å². The van der Waals surface area contributed by atoms with Gasteiger partial charge >= 0.3 is 6.18 Å². The molecule has 2 aliphatic carbocycles. The average molecular weight is 478 g/mol. The fraction of sp³-hybridized carbons (Fsp3) is 0.680. The minimum atomic E-state index is -4.43. The Labute approximate surface area is 198 Å². The number of amides is 1. The number of benzene rings is 1. The molecule has 186 valence electrons. The largest absolute Gasteiger partial charge is 0.416 e. The van der Waals surface area contributed by atoms with E-state index in [2.05, 4.69) is 25.7 Å². The fourth-order valence-corrected chi connectivity index (χ4v) is 6.21. The van der Waals surface area contributed by atoms with Gasteiger partial charge in [0.2, 0.25) is 5.91 Å². The number of carbonyl (C=O) groups is 1. The molecule has 3 N–H and O–H groups in total. The molecular formula is C25H34F3N5O. The van der Waals surface area contributed by atoms with Gasteiger partial charge in [0.05, 0.1) is 23.7 Å². The van der Waals surface area contributed by atoms with Crippen molar-refractivity contribution in [3.63, 3.8) is 0 Å². The molecule has 1 aromatic heterocycles. The first-order chi connectivity index (χ1) is 16.4. The van der Waals surface area contributed by atoms with Crippen LogP contribution in [0.3, 0.4) is 0 Å². The summed E-state index contributed by atoms with van der Waals surface area (Å²) in [6.07, 6.45) is 7.92. The Morgan fingerprint density at radius 3 is 2.44 bits per heavy atom. The number of hydrogen-bond donors (Lipinski definition) is 3. The predicted molar refractivity (Wildman–Crippen MR) is 125 cm³/mol. The summed E-state index contributed by atoms with van der Waals surface area (Å²) < 4.78 is 39.0. The zero-order valence-electron chi connectivity index (χ0n) is 19.5. The van der Waals surface area contributed by atoms with Crippen molar-refractivity contribution in [2.45, 2.75) is 76.0 Å². The number of aromatic amines is 1. The Kier molecular flexibility index (Phi) is 6.73. The molecule has 0 unspecified atom stereocenters. The van der Waals surface area contributed by atoms with Crippen molar-refractivity contribution < 1.29 is 18.0 Å². The molecule has 9 heteroatoms. The average Bonchev–Trinajstić information content (AvgIpc) is 3.22. The highest BCUT2D eigenvalue weighted by atomic mass is 19.4. The van der Waals surface area contributed by atoms with Crippen molar-refractivity contribution in [3.05, 3.63) is 23.8 Å². The fourth-order valence-electron chi connectivity index (χ4n) is 6.21. The first-order valence-electron chi connectivity index (χ1n) is 12.7. The lowest BCUT2D eigenvalue weighted by Crippen LogP contribution is -2.63. The van der Waals surface area contributed by atoms with Crippen LogP contribution in [0.15, 0.2) is 18.2 Å². The molecule has 0 spiro atoms. The number of halogens is 3. The summed E-state index contributed by atoms with van der Waals surface area (Å²) in [5.41, 5.74) is -0.250. The minimum Gasteiger partial charge on any atom is -0.359 e. The van der Waals surface area contributed by atoms with Gasteiger partial charge in [0.15, 0.2) is 5.82 Å². The molecule has 34 heavy (non-hydrogen) atoms. The van der Waals surface area contributed by atoms with Crippen LogP contribution in [-0.2, 0) is 11.0 Å². The number of alkyl halides is 3. The molecule has 1 aliphatic heterocycles. The van der Waals surface area contributed by atoms with Crippen molar-refractivity contribution in [1.82, 2.24) is 20.4 Å². The summed E-state index contributed by atoms with van der Waals surface area (Å²) in [5.74, 6) is 1.96. The van der Waals surface area contributed by atoms with E-state index in [4.69, 9.17) is 0 Å². The number of nitrogens with one attached hydrogen (secondary N) is 3. The Bertz CT molecular complexity index is 986. The van der Waals surface area contributed by atoms with Crippen LogP contribution in [0.4, 0.5) is 19.0 Å². The van der Waals surface area contributed by atoms with Crippen LogP contribution in [0, 0.1) is 11.8 Å². The summed E-state index contributed by atoms with van der Waals surface area (Å²) in [4.78, 5) is 14.9. The summed E-state index contributed by atoms with van der Waals surface area (Å²) >= 11 is 0. The topological polar surface area (TPSA) is 73.0 Å². The van der Waals surface area contributed by atoms with Gasteiger partial charge in [-0.2, -0.15) is 18.3 Å². The Morgan fingerprint density at radius 2 is 1.74 bits per heavy atom. The maximum atomic E-state index is 13.0. The monoisotopic (exact) mass is 477 g/mol. The molecular weight excluding hydrogens is 443 g/mol. The molecule has 1 saturated heterocycles. The summed E-state index contributed by atoms with van der Waals surface area (Å²) in [5, 5.41) is 13.0. The van der Waals surface area contributed by atoms with Gasteiger partial charge in [0.1, 0.15) is 0 Å². The number of rotatable bonds is 6. The zero-order chi connectivity index (χ0) is 23.7. The van der Waals surface area contributed by atoms with E-state index < -0.39 is 11.7 Å². The van der Waals surface area contributed by atoms with Crippen LogP contribution < -0.4 is 10.6 Å². The normalized spacial score (nSPS) is 25.3. The predicted octanol–water partition coefficient (Wildman–Crippen LogP) is 4.93. The second-order valence-corrected chi connectivity index (χ2v) is 10.4. The Hall–Kier alpha value is -2.29. The molecule has 0 atom stereocenters. The SMILES string of the molecule is O=C(CNc1n[nH]c2ccc(C(F)(F)F)cc12)NC1CN(C2CCC(C3CCCCC3)CC2)C1. The van der Waals surface area contributed by atoms with Gasteiger partial charge in [0.25, 0.3) is 0 Å². The van der Waals surface area contributed by atoms with Crippen LogP contribution >= 0.6 is 0 Å². The van der Waals surface area contributed by atoms with Crippen LogP contribution in [0.25, 0.3) is 10.9 Å². The van der Waals surface area contributed by atoms with Crippen LogP contribution in [0.2, 0.25) is 0 Å². The number of fused-ring (bicyclic) bond motifs is 1.